The number of aromatic amines is 1. The maximum absolute atomic E-state index is 15.4. The smallest absolute Gasteiger partial charge is 0.231 e. The summed E-state index contributed by atoms with van der Waals surface area (Å²) < 4.78 is 35.4. The normalized spacial score (nSPS) is 18.9. The Morgan fingerprint density at radius 3 is 2.94 bits per heavy atom. The number of hydrogen-bond acceptors (Lipinski definition) is 4. The molecule has 0 saturated heterocycles. The molecule has 3 atom stereocenters. The van der Waals surface area contributed by atoms with Crippen LogP contribution in [-0.2, 0) is 9.53 Å². The fourth-order valence-corrected chi connectivity index (χ4v) is 4.38. The number of aromatic nitrogens is 4. The molecule has 1 fully saturated rings. The third kappa shape index (κ3) is 3.41. The van der Waals surface area contributed by atoms with Crippen molar-refractivity contribution in [2.45, 2.75) is 25.4 Å². The molecule has 0 aliphatic heterocycles. The van der Waals surface area contributed by atoms with Gasteiger partial charge in [0.2, 0.25) is 5.91 Å². The van der Waals surface area contributed by atoms with Gasteiger partial charge in [-0.25, -0.2) is 13.8 Å². The largest absolute Gasteiger partial charge is 0.384 e. The number of fused-ring (bicyclic) bond motifs is 2. The highest BCUT2D eigenvalue weighted by atomic mass is 35.5. The highest BCUT2D eigenvalue weighted by molar-refractivity contribution is 6.35. The van der Waals surface area contributed by atoms with E-state index in [-0.39, 0.29) is 23.3 Å². The third-order valence-electron chi connectivity index (χ3n) is 5.78. The standard InChI is InChI=1S/C22H20ClF2N5O2/c1-10(9-32-2)17-20(25)19(23)18(13-6-26-29-21(13)17)11-3-4-16-27-15(8-30(16)7-11)28-22(31)12-5-14(12)24/h3-4,6-8,10,12,14H,5,9H2,1-2H3,(H,26,29)(H,28,31)/t10?,12-,14+/m1/s1. The van der Waals surface area contributed by atoms with Gasteiger partial charge < -0.3 is 14.5 Å². The van der Waals surface area contributed by atoms with Crippen LogP contribution in [-0.4, -0.2) is 45.4 Å². The van der Waals surface area contributed by atoms with Crippen LogP contribution in [0.1, 0.15) is 24.8 Å². The number of methoxy groups -OCH3 is 1. The number of hydrogen-bond donors (Lipinski definition) is 2. The van der Waals surface area contributed by atoms with Crippen LogP contribution in [0.5, 0.6) is 0 Å². The van der Waals surface area contributed by atoms with E-state index in [0.717, 1.165) is 0 Å². The maximum atomic E-state index is 15.4. The van der Waals surface area contributed by atoms with Gasteiger partial charge in [-0.05, 0) is 18.6 Å². The van der Waals surface area contributed by atoms with Crippen molar-refractivity contribution in [3.05, 3.63) is 47.1 Å². The number of amides is 1. The van der Waals surface area contributed by atoms with Crippen molar-refractivity contribution in [3.8, 4) is 11.1 Å². The number of alkyl halides is 1. The maximum Gasteiger partial charge on any atom is 0.231 e. The highest BCUT2D eigenvalue weighted by Gasteiger charge is 2.43. The number of nitrogens with one attached hydrogen (secondary N) is 2. The summed E-state index contributed by atoms with van der Waals surface area (Å²) in [4.78, 5) is 16.3. The van der Waals surface area contributed by atoms with E-state index in [1.54, 1.807) is 42.2 Å². The van der Waals surface area contributed by atoms with Crippen molar-refractivity contribution in [2.24, 2.45) is 5.92 Å². The zero-order valence-corrected chi connectivity index (χ0v) is 18.1. The first-order valence-corrected chi connectivity index (χ1v) is 10.5. The first kappa shape index (κ1) is 20.8. The van der Waals surface area contributed by atoms with Gasteiger partial charge in [0, 0.05) is 41.3 Å². The van der Waals surface area contributed by atoms with Crippen LogP contribution in [0.15, 0.2) is 30.7 Å². The van der Waals surface area contributed by atoms with Crippen LogP contribution in [0.25, 0.3) is 27.7 Å². The number of carbonyl (C=O) groups excluding carboxylic acids is 1. The van der Waals surface area contributed by atoms with E-state index in [2.05, 4.69) is 20.5 Å². The van der Waals surface area contributed by atoms with Crippen molar-refractivity contribution < 1.29 is 18.3 Å². The molecule has 7 nitrogen and oxygen atoms in total. The summed E-state index contributed by atoms with van der Waals surface area (Å²) in [6, 6.07) is 3.51. The van der Waals surface area contributed by atoms with Gasteiger partial charge in [0.15, 0.2) is 5.82 Å². The van der Waals surface area contributed by atoms with Gasteiger partial charge in [0.1, 0.15) is 17.6 Å². The van der Waals surface area contributed by atoms with Crippen molar-refractivity contribution >= 4 is 39.9 Å². The summed E-state index contributed by atoms with van der Waals surface area (Å²) in [6.07, 6.45) is 4.15. The van der Waals surface area contributed by atoms with Crippen molar-refractivity contribution in [3.63, 3.8) is 0 Å². The molecule has 0 spiro atoms. The number of pyridine rings is 1. The van der Waals surface area contributed by atoms with E-state index >= 15 is 4.39 Å². The fourth-order valence-electron chi connectivity index (χ4n) is 4.07. The number of ether oxygens (including phenoxy) is 1. The lowest BCUT2D eigenvalue weighted by Gasteiger charge is -2.17. The first-order chi connectivity index (χ1) is 15.4. The van der Waals surface area contributed by atoms with E-state index in [1.165, 1.54) is 0 Å². The van der Waals surface area contributed by atoms with Crippen molar-refractivity contribution in [1.82, 2.24) is 19.6 Å². The second kappa shape index (κ2) is 7.83. The fraction of sp³-hybridized carbons (Fsp3) is 0.318. The molecule has 166 valence electrons. The van der Waals surface area contributed by atoms with E-state index in [0.29, 0.717) is 45.7 Å². The monoisotopic (exact) mass is 459 g/mol. The van der Waals surface area contributed by atoms with E-state index < -0.39 is 17.9 Å². The van der Waals surface area contributed by atoms with Crippen molar-refractivity contribution in [2.75, 3.05) is 19.0 Å². The Morgan fingerprint density at radius 2 is 2.22 bits per heavy atom. The van der Waals surface area contributed by atoms with Gasteiger partial charge in [0.25, 0.3) is 0 Å². The van der Waals surface area contributed by atoms with Crippen LogP contribution < -0.4 is 5.32 Å². The zero-order valence-electron chi connectivity index (χ0n) is 17.3. The molecule has 1 aliphatic rings. The summed E-state index contributed by atoms with van der Waals surface area (Å²) in [7, 11) is 1.56. The van der Waals surface area contributed by atoms with Gasteiger partial charge in [0.05, 0.1) is 35.5 Å². The van der Waals surface area contributed by atoms with E-state index in [1.807, 2.05) is 6.92 Å². The SMILES string of the molecule is COCC(C)c1c(F)c(Cl)c(-c2ccc3nc(NC(=O)[C@@H]4C[C@@H]4F)cn3c2)c2cn[nH]c12. The first-order valence-electron chi connectivity index (χ1n) is 10.2. The van der Waals surface area contributed by atoms with Gasteiger partial charge in [-0.1, -0.05) is 18.5 Å². The molecule has 3 heterocycles. The van der Waals surface area contributed by atoms with Crippen LogP contribution in [0, 0.1) is 11.7 Å². The predicted molar refractivity (Wildman–Crippen MR) is 117 cm³/mol. The molecule has 3 aromatic heterocycles. The Morgan fingerprint density at radius 1 is 1.44 bits per heavy atom. The van der Waals surface area contributed by atoms with Gasteiger partial charge in [-0.3, -0.25) is 9.89 Å². The summed E-state index contributed by atoms with van der Waals surface area (Å²) in [5.41, 5.74) is 2.71. The molecule has 32 heavy (non-hydrogen) atoms. The molecular weight excluding hydrogens is 440 g/mol. The molecule has 4 aromatic rings. The van der Waals surface area contributed by atoms with Gasteiger partial charge in [-0.2, -0.15) is 5.10 Å². The number of H-pyrrole nitrogens is 1. The Kier molecular flexibility index (Phi) is 5.10. The number of carbonyl (C=O) groups is 1. The number of halogens is 3. The lowest BCUT2D eigenvalue weighted by atomic mass is 9.94. The molecule has 1 aliphatic carbocycles. The highest BCUT2D eigenvalue weighted by Crippen LogP contribution is 2.41. The molecule has 1 aromatic carbocycles. The summed E-state index contributed by atoms with van der Waals surface area (Å²) in [5, 5.41) is 10.3. The number of nitrogens with zero attached hydrogens (tertiary/aromatic N) is 3. The van der Waals surface area contributed by atoms with Gasteiger partial charge >= 0.3 is 0 Å². The van der Waals surface area contributed by atoms with Crippen LogP contribution in [0.4, 0.5) is 14.6 Å². The average molecular weight is 460 g/mol. The molecule has 0 bridgehead atoms. The molecule has 10 heteroatoms. The number of anilines is 1. The van der Waals surface area contributed by atoms with Crippen molar-refractivity contribution in [1.29, 1.82) is 0 Å². The van der Waals surface area contributed by atoms with E-state index in [4.69, 9.17) is 16.3 Å². The second-order valence-electron chi connectivity index (χ2n) is 8.09. The zero-order chi connectivity index (χ0) is 22.6. The van der Waals surface area contributed by atoms with Crippen LogP contribution in [0.2, 0.25) is 5.02 Å². The lowest BCUT2D eigenvalue weighted by Crippen LogP contribution is -2.15. The molecule has 5 rings (SSSR count). The Balaban J connectivity index is 1.57. The van der Waals surface area contributed by atoms with Crippen LogP contribution >= 0.6 is 11.6 Å². The average Bonchev–Trinajstić information content (AvgIpc) is 3.12. The quantitative estimate of drug-likeness (QED) is 0.437. The lowest BCUT2D eigenvalue weighted by molar-refractivity contribution is -0.117. The van der Waals surface area contributed by atoms with Crippen LogP contribution in [0.3, 0.4) is 0 Å². The number of imidazole rings is 1. The number of rotatable bonds is 6. The Labute approximate surface area is 186 Å². The second-order valence-corrected chi connectivity index (χ2v) is 8.47. The molecule has 1 amide bonds. The topological polar surface area (TPSA) is 84.3 Å². The molecule has 2 N–H and O–H groups in total. The Bertz CT molecular complexity index is 1350. The summed E-state index contributed by atoms with van der Waals surface area (Å²) >= 11 is 6.52. The Hall–Kier alpha value is -3.04. The molecule has 0 radical (unpaired) electrons. The number of benzene rings is 1. The minimum absolute atomic E-state index is 0.00688. The van der Waals surface area contributed by atoms with E-state index in [9.17, 15) is 9.18 Å². The minimum atomic E-state index is -1.08. The molecule has 1 saturated carbocycles. The van der Waals surface area contributed by atoms with Gasteiger partial charge in [-0.15, -0.1) is 0 Å². The minimum Gasteiger partial charge on any atom is -0.384 e. The summed E-state index contributed by atoms with van der Waals surface area (Å²) in [6.45, 7) is 2.19. The molecular formula is C22H20ClF2N5O2. The molecule has 1 unspecified atom stereocenters. The third-order valence-corrected chi connectivity index (χ3v) is 6.13. The summed E-state index contributed by atoms with van der Waals surface area (Å²) in [5.74, 6) is -1.42. The predicted octanol–water partition coefficient (Wildman–Crippen LogP) is 4.72.